The van der Waals surface area contributed by atoms with Gasteiger partial charge in [-0.05, 0) is 32.6 Å². The molecule has 1 aliphatic rings. The molecule has 0 heterocycles. The van der Waals surface area contributed by atoms with Crippen LogP contribution in [0.3, 0.4) is 0 Å². The Morgan fingerprint density at radius 2 is 2.00 bits per heavy atom. The summed E-state index contributed by atoms with van der Waals surface area (Å²) in [5, 5.41) is 0. The van der Waals surface area contributed by atoms with E-state index >= 15 is 0 Å². The van der Waals surface area contributed by atoms with Gasteiger partial charge in [0.2, 0.25) is 0 Å². The minimum absolute atomic E-state index is 0.529. The van der Waals surface area contributed by atoms with Crippen molar-refractivity contribution in [3.05, 3.63) is 12.3 Å². The molecule has 0 aromatic heterocycles. The SMILES string of the molecule is CC=COC1CCCC1. The molecule has 0 atom stereocenters. The van der Waals surface area contributed by atoms with Crippen molar-refractivity contribution in [1.29, 1.82) is 0 Å². The second-order valence-electron chi connectivity index (χ2n) is 2.51. The summed E-state index contributed by atoms with van der Waals surface area (Å²) in [6.07, 6.45) is 9.48. The van der Waals surface area contributed by atoms with E-state index in [4.69, 9.17) is 4.74 Å². The number of hydrogen-bond acceptors (Lipinski definition) is 1. The molecule has 0 spiro atoms. The summed E-state index contributed by atoms with van der Waals surface area (Å²) in [5.74, 6) is 0. The number of rotatable bonds is 2. The van der Waals surface area contributed by atoms with E-state index in [9.17, 15) is 0 Å². The molecular formula is C8H14O. The lowest BCUT2D eigenvalue weighted by molar-refractivity contribution is 0.151. The van der Waals surface area contributed by atoms with Gasteiger partial charge in [0, 0.05) is 0 Å². The van der Waals surface area contributed by atoms with Crippen LogP contribution in [0.15, 0.2) is 12.3 Å². The monoisotopic (exact) mass is 126 g/mol. The zero-order valence-electron chi connectivity index (χ0n) is 5.97. The lowest BCUT2D eigenvalue weighted by Gasteiger charge is -2.06. The van der Waals surface area contributed by atoms with Crippen LogP contribution in [0.1, 0.15) is 32.6 Å². The summed E-state index contributed by atoms with van der Waals surface area (Å²) in [5.41, 5.74) is 0. The van der Waals surface area contributed by atoms with Crippen LogP contribution >= 0.6 is 0 Å². The smallest absolute Gasteiger partial charge is 0.0978 e. The predicted octanol–water partition coefficient (Wildman–Crippen LogP) is 2.48. The van der Waals surface area contributed by atoms with E-state index in [1.807, 2.05) is 13.0 Å². The minimum Gasteiger partial charge on any atom is -0.498 e. The van der Waals surface area contributed by atoms with E-state index in [2.05, 4.69) is 0 Å². The summed E-state index contributed by atoms with van der Waals surface area (Å²) in [4.78, 5) is 0. The summed E-state index contributed by atoms with van der Waals surface area (Å²) < 4.78 is 5.37. The van der Waals surface area contributed by atoms with Crippen LogP contribution in [0, 0.1) is 0 Å². The van der Waals surface area contributed by atoms with Gasteiger partial charge in [-0.2, -0.15) is 0 Å². The molecule has 0 aromatic rings. The van der Waals surface area contributed by atoms with Gasteiger partial charge < -0.3 is 4.74 Å². The van der Waals surface area contributed by atoms with Crippen LogP contribution in [0.4, 0.5) is 0 Å². The van der Waals surface area contributed by atoms with Gasteiger partial charge >= 0.3 is 0 Å². The fourth-order valence-corrected chi connectivity index (χ4v) is 1.21. The second-order valence-corrected chi connectivity index (χ2v) is 2.51. The van der Waals surface area contributed by atoms with E-state index < -0.39 is 0 Å². The molecule has 0 amide bonds. The average molecular weight is 126 g/mol. The Kier molecular flexibility index (Phi) is 2.62. The Balaban J connectivity index is 2.11. The molecule has 0 saturated heterocycles. The third-order valence-electron chi connectivity index (χ3n) is 1.71. The molecule has 0 aromatic carbocycles. The molecule has 0 aliphatic heterocycles. The largest absolute Gasteiger partial charge is 0.498 e. The van der Waals surface area contributed by atoms with Gasteiger partial charge in [-0.1, -0.05) is 6.08 Å². The van der Waals surface area contributed by atoms with Gasteiger partial charge in [0.25, 0.3) is 0 Å². The average Bonchev–Trinajstić information content (AvgIpc) is 2.34. The number of allylic oxidation sites excluding steroid dienone is 1. The van der Waals surface area contributed by atoms with E-state index in [0.717, 1.165) is 0 Å². The Labute approximate surface area is 56.7 Å². The molecule has 0 bridgehead atoms. The first kappa shape index (κ1) is 6.66. The van der Waals surface area contributed by atoms with Crippen LogP contribution in [-0.2, 0) is 4.74 Å². The first-order chi connectivity index (χ1) is 4.43. The second kappa shape index (κ2) is 3.54. The molecule has 1 heteroatoms. The first-order valence-electron chi connectivity index (χ1n) is 3.70. The van der Waals surface area contributed by atoms with Gasteiger partial charge in [-0.25, -0.2) is 0 Å². The molecule has 1 nitrogen and oxygen atoms in total. The maximum atomic E-state index is 5.37. The third kappa shape index (κ3) is 2.08. The predicted molar refractivity (Wildman–Crippen MR) is 38.2 cm³/mol. The molecule has 1 saturated carbocycles. The Morgan fingerprint density at radius 1 is 1.33 bits per heavy atom. The van der Waals surface area contributed by atoms with Crippen molar-refractivity contribution in [3.8, 4) is 0 Å². The van der Waals surface area contributed by atoms with E-state index in [1.165, 1.54) is 25.7 Å². The maximum Gasteiger partial charge on any atom is 0.0978 e. The molecule has 9 heavy (non-hydrogen) atoms. The maximum absolute atomic E-state index is 5.37. The molecule has 52 valence electrons. The fraction of sp³-hybridized carbons (Fsp3) is 0.750. The van der Waals surface area contributed by atoms with E-state index in [-0.39, 0.29) is 0 Å². The van der Waals surface area contributed by atoms with Gasteiger partial charge in [-0.3, -0.25) is 0 Å². The van der Waals surface area contributed by atoms with Gasteiger partial charge in [0.15, 0.2) is 0 Å². The molecule has 0 unspecified atom stereocenters. The summed E-state index contributed by atoms with van der Waals surface area (Å²) in [6.45, 7) is 1.98. The molecule has 1 fully saturated rings. The highest BCUT2D eigenvalue weighted by atomic mass is 16.5. The van der Waals surface area contributed by atoms with E-state index in [0.29, 0.717) is 6.10 Å². The number of ether oxygens (including phenoxy) is 1. The van der Waals surface area contributed by atoms with Crippen molar-refractivity contribution in [2.24, 2.45) is 0 Å². The Bertz CT molecular complexity index is 90.7. The molecule has 1 aliphatic carbocycles. The van der Waals surface area contributed by atoms with Crippen LogP contribution < -0.4 is 0 Å². The minimum atomic E-state index is 0.529. The zero-order valence-corrected chi connectivity index (χ0v) is 5.97. The molecular weight excluding hydrogens is 112 g/mol. The topological polar surface area (TPSA) is 9.23 Å². The summed E-state index contributed by atoms with van der Waals surface area (Å²) in [6, 6.07) is 0. The van der Waals surface area contributed by atoms with Crippen LogP contribution in [-0.4, -0.2) is 6.10 Å². The highest BCUT2D eigenvalue weighted by molar-refractivity contribution is 4.73. The van der Waals surface area contributed by atoms with Crippen molar-refractivity contribution < 1.29 is 4.74 Å². The van der Waals surface area contributed by atoms with Gasteiger partial charge in [-0.15, -0.1) is 0 Å². The van der Waals surface area contributed by atoms with Crippen LogP contribution in [0.25, 0.3) is 0 Å². The Morgan fingerprint density at radius 3 is 2.56 bits per heavy atom. The van der Waals surface area contributed by atoms with Crippen molar-refractivity contribution in [1.82, 2.24) is 0 Å². The highest BCUT2D eigenvalue weighted by Crippen LogP contribution is 2.20. The first-order valence-corrected chi connectivity index (χ1v) is 3.70. The summed E-state index contributed by atoms with van der Waals surface area (Å²) in [7, 11) is 0. The number of hydrogen-bond donors (Lipinski definition) is 0. The normalized spacial score (nSPS) is 21.4. The quantitative estimate of drug-likeness (QED) is 0.516. The van der Waals surface area contributed by atoms with Crippen LogP contribution in [0.2, 0.25) is 0 Å². The zero-order chi connectivity index (χ0) is 6.53. The van der Waals surface area contributed by atoms with Gasteiger partial charge in [0.1, 0.15) is 0 Å². The van der Waals surface area contributed by atoms with Crippen molar-refractivity contribution in [3.63, 3.8) is 0 Å². The molecule has 0 N–H and O–H groups in total. The lowest BCUT2D eigenvalue weighted by Crippen LogP contribution is -2.01. The lowest BCUT2D eigenvalue weighted by atomic mass is 10.3. The standard InChI is InChI=1S/C8H14O/c1-2-7-9-8-5-3-4-6-8/h2,7-8H,3-6H2,1H3. The van der Waals surface area contributed by atoms with Crippen molar-refractivity contribution >= 4 is 0 Å². The van der Waals surface area contributed by atoms with E-state index in [1.54, 1.807) is 6.26 Å². The fourth-order valence-electron chi connectivity index (χ4n) is 1.21. The molecule has 1 rings (SSSR count). The molecule has 0 radical (unpaired) electrons. The van der Waals surface area contributed by atoms with Crippen molar-refractivity contribution in [2.45, 2.75) is 38.7 Å². The van der Waals surface area contributed by atoms with Crippen LogP contribution in [0.5, 0.6) is 0 Å². The van der Waals surface area contributed by atoms with Crippen molar-refractivity contribution in [2.75, 3.05) is 0 Å². The third-order valence-corrected chi connectivity index (χ3v) is 1.71. The van der Waals surface area contributed by atoms with Gasteiger partial charge in [0.05, 0.1) is 12.4 Å². The summed E-state index contributed by atoms with van der Waals surface area (Å²) >= 11 is 0. The highest BCUT2D eigenvalue weighted by Gasteiger charge is 2.13. The Hall–Kier alpha value is -0.460.